The highest BCUT2D eigenvalue weighted by molar-refractivity contribution is 6.09. The minimum atomic E-state index is -0.377. The molecule has 2 aromatic carbocycles. The van der Waals surface area contributed by atoms with E-state index in [0.29, 0.717) is 40.7 Å². The van der Waals surface area contributed by atoms with Gasteiger partial charge in [0.15, 0.2) is 0 Å². The summed E-state index contributed by atoms with van der Waals surface area (Å²) in [6.07, 6.45) is 3.55. The van der Waals surface area contributed by atoms with E-state index in [1.807, 2.05) is 19.9 Å². The fraction of sp³-hybridized carbons (Fsp3) is 0.214. The molecule has 4 aromatic rings. The fourth-order valence-corrected chi connectivity index (χ4v) is 3.73. The maximum absolute atomic E-state index is 12.9. The molecule has 0 radical (unpaired) electrons. The van der Waals surface area contributed by atoms with Crippen LogP contribution in [0.25, 0.3) is 0 Å². The molecule has 0 bridgehead atoms. The molecule has 0 aliphatic heterocycles. The fourth-order valence-electron chi connectivity index (χ4n) is 3.73. The van der Waals surface area contributed by atoms with Crippen molar-refractivity contribution in [3.8, 4) is 11.5 Å². The number of imidazole rings is 1. The van der Waals surface area contributed by atoms with Gasteiger partial charge in [0.2, 0.25) is 11.9 Å². The van der Waals surface area contributed by atoms with E-state index >= 15 is 0 Å². The number of aryl methyl sites for hydroxylation is 2. The van der Waals surface area contributed by atoms with Gasteiger partial charge in [0.1, 0.15) is 17.8 Å². The molecule has 0 aliphatic carbocycles. The summed E-state index contributed by atoms with van der Waals surface area (Å²) < 4.78 is 11.8. The van der Waals surface area contributed by atoms with Gasteiger partial charge in [-0.25, -0.2) is 15.0 Å². The lowest BCUT2D eigenvalue weighted by molar-refractivity contribution is 0.0956. The number of carbonyl (C=O) groups excluding carboxylic acids is 2. The van der Waals surface area contributed by atoms with Crippen LogP contribution in [-0.4, -0.2) is 58.1 Å². The van der Waals surface area contributed by atoms with Gasteiger partial charge in [0.05, 0.1) is 19.9 Å². The number of benzene rings is 2. The number of amides is 1. The second-order valence-electron chi connectivity index (χ2n) is 8.58. The van der Waals surface area contributed by atoms with Crippen LogP contribution < -0.4 is 20.1 Å². The van der Waals surface area contributed by atoms with Crippen molar-refractivity contribution in [1.82, 2.24) is 24.8 Å². The van der Waals surface area contributed by atoms with Gasteiger partial charge in [-0.3, -0.25) is 29.8 Å². The van der Waals surface area contributed by atoms with Crippen LogP contribution in [0.5, 0.6) is 11.5 Å². The van der Waals surface area contributed by atoms with Crippen molar-refractivity contribution < 1.29 is 19.1 Å². The van der Waals surface area contributed by atoms with Gasteiger partial charge in [-0.05, 0) is 56.3 Å². The number of hydrogen-bond donors (Lipinski definition) is 2. The van der Waals surface area contributed by atoms with E-state index in [1.54, 1.807) is 61.8 Å². The zero-order valence-corrected chi connectivity index (χ0v) is 22.1. The molecule has 0 unspecified atom stereocenters. The number of nitrogens with zero attached hydrogens (tertiary/aromatic N) is 5. The predicted octanol–water partition coefficient (Wildman–Crippen LogP) is 3.44. The Morgan fingerprint density at radius 2 is 1.56 bits per heavy atom. The molecular formula is C28H29N7O4. The molecular weight excluding hydrogens is 498 g/mol. The Bertz CT molecular complexity index is 1490. The number of aliphatic imine (C=N–C) groups is 1. The van der Waals surface area contributed by atoms with E-state index in [1.165, 1.54) is 18.0 Å². The molecule has 200 valence electrons. The lowest BCUT2D eigenvalue weighted by Crippen LogP contribution is -2.37. The molecule has 0 aliphatic rings. The molecule has 39 heavy (non-hydrogen) atoms. The first kappa shape index (κ1) is 27.0. The van der Waals surface area contributed by atoms with Crippen LogP contribution in [0, 0.1) is 13.8 Å². The summed E-state index contributed by atoms with van der Waals surface area (Å²) in [5.41, 5.74) is 3.09. The monoisotopic (exact) mass is 527 g/mol. The number of guanidine groups is 1. The number of rotatable bonds is 8. The molecule has 2 heterocycles. The van der Waals surface area contributed by atoms with Gasteiger partial charge in [0.25, 0.3) is 11.8 Å². The number of methoxy groups -OCH3 is 2. The van der Waals surface area contributed by atoms with Gasteiger partial charge in [-0.15, -0.1) is 0 Å². The average molecular weight is 528 g/mol. The molecule has 0 saturated carbocycles. The Morgan fingerprint density at radius 3 is 2.23 bits per heavy atom. The Balaban J connectivity index is 1.48. The molecule has 0 fully saturated rings. The number of nitrogens with one attached hydrogen (secondary N) is 2. The topological polar surface area (TPSA) is 133 Å². The first-order chi connectivity index (χ1) is 18.8. The Labute approximate surface area is 226 Å². The normalized spacial score (nSPS) is 11.1. The SMILES string of the molecule is COc1cccc(C(=O)NC(=NCCc2cn(C(=O)c3cccc(OC)c3)cn2)Nc2nc(C)cc(C)n2)c1. The first-order valence-electron chi connectivity index (χ1n) is 12.2. The highest BCUT2D eigenvalue weighted by Gasteiger charge is 2.13. The number of anilines is 1. The number of ether oxygens (including phenoxy) is 2. The first-order valence-corrected chi connectivity index (χ1v) is 12.2. The Morgan fingerprint density at radius 1 is 0.923 bits per heavy atom. The molecule has 1 amide bonds. The summed E-state index contributed by atoms with van der Waals surface area (Å²) in [5.74, 6) is 1.05. The molecule has 4 rings (SSSR count). The van der Waals surface area contributed by atoms with Crippen molar-refractivity contribution >= 4 is 23.7 Å². The molecule has 11 nitrogen and oxygen atoms in total. The lowest BCUT2D eigenvalue weighted by atomic mass is 10.2. The van der Waals surface area contributed by atoms with Crippen LogP contribution in [0.15, 0.2) is 72.1 Å². The van der Waals surface area contributed by atoms with Gasteiger partial charge < -0.3 is 9.47 Å². The van der Waals surface area contributed by atoms with Crippen molar-refractivity contribution in [3.63, 3.8) is 0 Å². The van der Waals surface area contributed by atoms with Crippen molar-refractivity contribution in [2.75, 3.05) is 26.1 Å². The van der Waals surface area contributed by atoms with E-state index in [4.69, 9.17) is 9.47 Å². The standard InChI is InChI=1S/C28H29N7O4/c1-18-13-19(2)32-28(31-18)34-27(33-25(36)20-7-5-9-23(14-20)38-3)29-12-11-22-16-35(17-30-22)26(37)21-8-6-10-24(15-21)39-4/h5-10,13-17H,11-12H2,1-4H3,(H2,29,31,32,33,34,36). The minimum absolute atomic E-state index is 0.180. The average Bonchev–Trinajstić information content (AvgIpc) is 3.41. The highest BCUT2D eigenvalue weighted by atomic mass is 16.5. The van der Waals surface area contributed by atoms with Gasteiger partial charge in [-0.2, -0.15) is 0 Å². The van der Waals surface area contributed by atoms with Gasteiger partial charge >= 0.3 is 0 Å². The van der Waals surface area contributed by atoms with Crippen molar-refractivity contribution in [1.29, 1.82) is 0 Å². The van der Waals surface area contributed by atoms with Crippen molar-refractivity contribution in [2.45, 2.75) is 20.3 Å². The number of carbonyl (C=O) groups is 2. The second kappa shape index (κ2) is 12.5. The van der Waals surface area contributed by atoms with Crippen molar-refractivity contribution in [3.05, 3.63) is 95.3 Å². The Hall–Kier alpha value is -5.06. The Kier molecular flexibility index (Phi) is 8.62. The van der Waals surface area contributed by atoms with Gasteiger partial charge in [0, 0.05) is 41.7 Å². The summed E-state index contributed by atoms with van der Waals surface area (Å²) in [6.45, 7) is 3.99. The zero-order valence-electron chi connectivity index (χ0n) is 22.1. The summed E-state index contributed by atoms with van der Waals surface area (Å²) in [6, 6.07) is 15.6. The van der Waals surface area contributed by atoms with Gasteiger partial charge in [-0.1, -0.05) is 12.1 Å². The third-order valence-electron chi connectivity index (χ3n) is 5.60. The minimum Gasteiger partial charge on any atom is -0.497 e. The van der Waals surface area contributed by atoms with Crippen LogP contribution in [-0.2, 0) is 6.42 Å². The van der Waals surface area contributed by atoms with Crippen LogP contribution in [0.2, 0.25) is 0 Å². The summed E-state index contributed by atoms with van der Waals surface area (Å²) >= 11 is 0. The number of hydrogen-bond acceptors (Lipinski definition) is 8. The number of aromatic nitrogens is 4. The lowest BCUT2D eigenvalue weighted by Gasteiger charge is -2.12. The largest absolute Gasteiger partial charge is 0.497 e. The third kappa shape index (κ3) is 7.25. The van der Waals surface area contributed by atoms with Crippen LogP contribution >= 0.6 is 0 Å². The van der Waals surface area contributed by atoms with E-state index in [9.17, 15) is 9.59 Å². The third-order valence-corrected chi connectivity index (χ3v) is 5.60. The van der Waals surface area contributed by atoms with Crippen LogP contribution in [0.3, 0.4) is 0 Å². The summed E-state index contributed by atoms with van der Waals surface area (Å²) in [7, 11) is 3.09. The van der Waals surface area contributed by atoms with E-state index in [0.717, 1.165) is 11.4 Å². The van der Waals surface area contributed by atoms with Crippen molar-refractivity contribution in [2.24, 2.45) is 4.99 Å². The molecule has 2 N–H and O–H groups in total. The maximum Gasteiger partial charge on any atom is 0.263 e. The molecule has 0 saturated heterocycles. The second-order valence-corrected chi connectivity index (χ2v) is 8.58. The molecule has 0 atom stereocenters. The van der Waals surface area contributed by atoms with Crippen LogP contribution in [0.1, 0.15) is 37.8 Å². The zero-order chi connectivity index (χ0) is 27.8. The van der Waals surface area contributed by atoms with E-state index in [-0.39, 0.29) is 24.3 Å². The molecule has 11 heteroatoms. The van der Waals surface area contributed by atoms with Crippen LogP contribution in [0.4, 0.5) is 5.95 Å². The summed E-state index contributed by atoms with van der Waals surface area (Å²) in [5, 5.41) is 5.79. The maximum atomic E-state index is 12.9. The quantitative estimate of drug-likeness (QED) is 0.263. The highest BCUT2D eigenvalue weighted by Crippen LogP contribution is 2.15. The van der Waals surface area contributed by atoms with E-state index < -0.39 is 0 Å². The van der Waals surface area contributed by atoms with E-state index in [2.05, 4.69) is 30.6 Å². The predicted molar refractivity (Wildman–Crippen MR) is 147 cm³/mol. The molecule has 0 spiro atoms. The molecule has 2 aromatic heterocycles. The summed E-state index contributed by atoms with van der Waals surface area (Å²) in [4.78, 5) is 43.4. The smallest absolute Gasteiger partial charge is 0.263 e.